The molecule has 0 atom stereocenters. The van der Waals surface area contributed by atoms with Gasteiger partial charge >= 0.3 is 0 Å². The van der Waals surface area contributed by atoms with Crippen LogP contribution in [0.25, 0.3) is 10.8 Å². The van der Waals surface area contributed by atoms with Crippen molar-refractivity contribution in [3.05, 3.63) is 47.4 Å². The Bertz CT molecular complexity index is 1040. The average molecular weight is 376 g/mol. The number of amides is 1. The minimum atomic E-state index is 0.167. The van der Waals surface area contributed by atoms with Gasteiger partial charge in [-0.1, -0.05) is 30.7 Å². The van der Waals surface area contributed by atoms with Crippen molar-refractivity contribution in [1.29, 1.82) is 0 Å². The number of benzene rings is 1. The van der Waals surface area contributed by atoms with Crippen molar-refractivity contribution < 1.29 is 4.79 Å². The predicted molar refractivity (Wildman–Crippen MR) is 107 cm³/mol. The topological polar surface area (TPSA) is 75.9 Å². The number of nitrogens with one attached hydrogen (secondary N) is 1. The van der Waals surface area contributed by atoms with Crippen molar-refractivity contribution in [1.82, 2.24) is 25.3 Å². The second-order valence-corrected chi connectivity index (χ2v) is 7.77. The van der Waals surface area contributed by atoms with Crippen molar-refractivity contribution in [2.45, 2.75) is 45.8 Å². The number of aryl methyl sites for hydroxylation is 1. The number of rotatable bonds is 4. The largest absolute Gasteiger partial charge is 0.350 e. The van der Waals surface area contributed by atoms with Crippen LogP contribution in [0.15, 0.2) is 30.3 Å². The minimum Gasteiger partial charge on any atom is -0.350 e. The Morgan fingerprint density at radius 1 is 1.18 bits per heavy atom. The van der Waals surface area contributed by atoms with Crippen LogP contribution in [0.2, 0.25) is 0 Å². The van der Waals surface area contributed by atoms with Crippen LogP contribution in [0.3, 0.4) is 0 Å². The molecular formula is C21H24N6O. The molecule has 1 amide bonds. The van der Waals surface area contributed by atoms with Gasteiger partial charge in [0.25, 0.3) is 0 Å². The summed E-state index contributed by atoms with van der Waals surface area (Å²) in [6.45, 7) is 4.88. The number of nitrogens with zero attached hydrogens (tertiary/aromatic N) is 5. The predicted octanol–water partition coefficient (Wildman–Crippen LogP) is 2.57. The van der Waals surface area contributed by atoms with Gasteiger partial charge in [-0.15, -0.1) is 5.10 Å². The fourth-order valence-electron chi connectivity index (χ4n) is 4.04. The Morgan fingerprint density at radius 3 is 2.79 bits per heavy atom. The van der Waals surface area contributed by atoms with Crippen molar-refractivity contribution in [2.24, 2.45) is 5.92 Å². The molecule has 144 valence electrons. The molecule has 1 saturated carbocycles. The number of anilines is 1. The summed E-state index contributed by atoms with van der Waals surface area (Å²) >= 11 is 0. The minimum absolute atomic E-state index is 0.167. The molecule has 0 unspecified atom stereocenters. The summed E-state index contributed by atoms with van der Waals surface area (Å²) in [4.78, 5) is 14.3. The first-order chi connectivity index (χ1) is 13.7. The molecule has 1 aliphatic heterocycles. The average Bonchev–Trinajstić information content (AvgIpc) is 3.08. The molecule has 3 heterocycles. The molecule has 7 nitrogen and oxygen atoms in total. The van der Waals surface area contributed by atoms with E-state index in [-0.39, 0.29) is 11.8 Å². The number of hydrogen-bond acceptors (Lipinski definition) is 5. The zero-order valence-corrected chi connectivity index (χ0v) is 16.1. The molecule has 1 N–H and O–H groups in total. The Morgan fingerprint density at radius 2 is 2.00 bits per heavy atom. The van der Waals surface area contributed by atoms with Gasteiger partial charge in [0.15, 0.2) is 5.82 Å². The van der Waals surface area contributed by atoms with Crippen LogP contribution in [0, 0.1) is 12.8 Å². The second kappa shape index (κ2) is 6.89. The number of hydrogen-bond donors (Lipinski definition) is 1. The Kier molecular flexibility index (Phi) is 4.22. The van der Waals surface area contributed by atoms with Crippen LogP contribution in [-0.2, 0) is 24.4 Å². The smallest absolute Gasteiger partial charge is 0.223 e. The summed E-state index contributed by atoms with van der Waals surface area (Å²) < 4.78 is 2.05. The molecule has 1 aliphatic carbocycles. The van der Waals surface area contributed by atoms with E-state index in [1.807, 2.05) is 23.7 Å². The summed E-state index contributed by atoms with van der Waals surface area (Å²) in [6.07, 6.45) is 3.21. The highest BCUT2D eigenvalue weighted by Gasteiger charge is 2.26. The van der Waals surface area contributed by atoms with E-state index >= 15 is 0 Å². The molecule has 3 aromatic rings. The first-order valence-corrected chi connectivity index (χ1v) is 9.99. The normalized spacial score (nSPS) is 16.7. The molecule has 0 saturated heterocycles. The maximum Gasteiger partial charge on any atom is 0.223 e. The molecule has 1 aromatic carbocycles. The number of carbonyl (C=O) groups excluding carboxylic acids is 1. The van der Waals surface area contributed by atoms with Crippen LogP contribution in [0.4, 0.5) is 5.82 Å². The van der Waals surface area contributed by atoms with Crippen molar-refractivity contribution >= 4 is 22.5 Å². The highest BCUT2D eigenvalue weighted by molar-refractivity contribution is 5.93. The molecule has 2 aliphatic rings. The van der Waals surface area contributed by atoms with Gasteiger partial charge in [0.1, 0.15) is 0 Å². The van der Waals surface area contributed by atoms with E-state index in [9.17, 15) is 4.79 Å². The third-order valence-corrected chi connectivity index (χ3v) is 5.92. The monoisotopic (exact) mass is 376 g/mol. The highest BCUT2D eigenvalue weighted by atomic mass is 16.1. The maximum absolute atomic E-state index is 12.1. The van der Waals surface area contributed by atoms with E-state index in [1.165, 1.54) is 6.42 Å². The summed E-state index contributed by atoms with van der Waals surface area (Å²) in [7, 11) is 0. The molecule has 0 bridgehead atoms. The molecule has 5 rings (SSSR count). The lowest BCUT2D eigenvalue weighted by Crippen LogP contribution is -2.34. The highest BCUT2D eigenvalue weighted by Crippen LogP contribution is 2.28. The van der Waals surface area contributed by atoms with Crippen molar-refractivity contribution in [2.75, 3.05) is 11.4 Å². The summed E-state index contributed by atoms with van der Waals surface area (Å²) in [5, 5.41) is 18.8. The number of fused-ring (bicyclic) bond motifs is 2. The lowest BCUT2D eigenvalue weighted by Gasteiger charge is -2.29. The lowest BCUT2D eigenvalue weighted by atomic mass is 9.85. The molecule has 1 fully saturated rings. The maximum atomic E-state index is 12.1. The molecule has 7 heteroatoms. The summed E-state index contributed by atoms with van der Waals surface area (Å²) in [5.41, 5.74) is 3.01. The fourth-order valence-corrected chi connectivity index (χ4v) is 4.04. The van der Waals surface area contributed by atoms with E-state index in [0.717, 1.165) is 66.1 Å². The van der Waals surface area contributed by atoms with Gasteiger partial charge in [-0.25, -0.2) is 0 Å². The first kappa shape index (κ1) is 17.2. The van der Waals surface area contributed by atoms with Gasteiger partial charge in [-0.2, -0.15) is 10.2 Å². The molecule has 28 heavy (non-hydrogen) atoms. The van der Waals surface area contributed by atoms with Crippen LogP contribution in [0.5, 0.6) is 0 Å². The second-order valence-electron chi connectivity index (χ2n) is 7.77. The number of aromatic nitrogens is 4. The summed E-state index contributed by atoms with van der Waals surface area (Å²) in [5.74, 6) is 1.30. The summed E-state index contributed by atoms with van der Waals surface area (Å²) in [6, 6.07) is 10.4. The third kappa shape index (κ3) is 3.00. The van der Waals surface area contributed by atoms with E-state index in [0.29, 0.717) is 6.54 Å². The van der Waals surface area contributed by atoms with E-state index in [4.69, 9.17) is 0 Å². The van der Waals surface area contributed by atoms with Crippen molar-refractivity contribution in [3.63, 3.8) is 0 Å². The van der Waals surface area contributed by atoms with Crippen LogP contribution in [0.1, 0.15) is 36.3 Å². The van der Waals surface area contributed by atoms with E-state index < -0.39 is 0 Å². The standard InChI is InChI=1S/C21H24N6O/c1-14-18-7-2-3-8-19(18)20(24-23-14)26-9-10-27-17(13-26)11-16(25-27)12-22-21(28)15-5-4-6-15/h2-3,7-8,11,15H,4-6,9-10,12-13H2,1H3,(H,22,28). The van der Waals surface area contributed by atoms with E-state index in [1.54, 1.807) is 0 Å². The fraction of sp³-hybridized carbons (Fsp3) is 0.429. The number of carbonyl (C=O) groups is 1. The molecule has 0 spiro atoms. The van der Waals surface area contributed by atoms with Gasteiger partial charge in [0.05, 0.1) is 36.7 Å². The van der Waals surface area contributed by atoms with Crippen LogP contribution >= 0.6 is 0 Å². The van der Waals surface area contributed by atoms with Gasteiger partial charge in [0, 0.05) is 23.2 Å². The van der Waals surface area contributed by atoms with E-state index in [2.05, 4.69) is 43.7 Å². The quantitative estimate of drug-likeness (QED) is 0.757. The Labute approximate surface area is 163 Å². The van der Waals surface area contributed by atoms with Gasteiger partial charge < -0.3 is 10.2 Å². The van der Waals surface area contributed by atoms with Crippen molar-refractivity contribution in [3.8, 4) is 0 Å². The van der Waals surface area contributed by atoms with Crippen LogP contribution in [-0.4, -0.2) is 32.4 Å². The zero-order chi connectivity index (χ0) is 19.1. The van der Waals surface area contributed by atoms with Gasteiger partial charge in [0.2, 0.25) is 5.91 Å². The zero-order valence-electron chi connectivity index (χ0n) is 16.1. The molecule has 0 radical (unpaired) electrons. The first-order valence-electron chi connectivity index (χ1n) is 9.99. The molecule has 2 aromatic heterocycles. The van der Waals surface area contributed by atoms with Crippen LogP contribution < -0.4 is 10.2 Å². The third-order valence-electron chi connectivity index (χ3n) is 5.92. The SMILES string of the molecule is Cc1nnc(N2CCn3nc(CNC(=O)C4CCC4)cc3C2)c2ccccc12. The lowest BCUT2D eigenvalue weighted by molar-refractivity contribution is -0.127. The Balaban J connectivity index is 1.34. The van der Waals surface area contributed by atoms with Gasteiger partial charge in [-0.05, 0) is 25.8 Å². The van der Waals surface area contributed by atoms with Gasteiger partial charge in [-0.3, -0.25) is 9.48 Å². The molecular weight excluding hydrogens is 352 g/mol. The Hall–Kier alpha value is -2.96.